The van der Waals surface area contributed by atoms with Gasteiger partial charge < -0.3 is 10.1 Å². The summed E-state index contributed by atoms with van der Waals surface area (Å²) in [4.78, 5) is 0. The molecule has 0 aliphatic heterocycles. The van der Waals surface area contributed by atoms with Crippen LogP contribution in [0.1, 0.15) is 18.9 Å². The summed E-state index contributed by atoms with van der Waals surface area (Å²) < 4.78 is 34.6. The third-order valence-corrected chi connectivity index (χ3v) is 2.72. The Morgan fingerprint density at radius 3 is 2.60 bits per heavy atom. The quantitative estimate of drug-likeness (QED) is 0.884. The van der Waals surface area contributed by atoms with Crippen molar-refractivity contribution in [3.05, 3.63) is 41.7 Å². The molecule has 1 aromatic heterocycles. The summed E-state index contributed by atoms with van der Waals surface area (Å²) in [7, 11) is 1.71. The predicted octanol–water partition coefficient (Wildman–Crippen LogP) is 3.08. The van der Waals surface area contributed by atoms with Crippen LogP contribution in [0.5, 0.6) is 11.5 Å². The molecule has 108 valence electrons. The Labute approximate surface area is 116 Å². The zero-order valence-corrected chi connectivity index (χ0v) is 11.5. The van der Waals surface area contributed by atoms with Crippen molar-refractivity contribution in [2.24, 2.45) is 0 Å². The number of rotatable bonds is 6. The molecule has 0 spiro atoms. The summed E-state index contributed by atoms with van der Waals surface area (Å²) in [5, 5.41) is 6.88. The van der Waals surface area contributed by atoms with E-state index in [1.165, 1.54) is 18.3 Å². The molecule has 4 nitrogen and oxygen atoms in total. The molecule has 6 heteroatoms. The summed E-state index contributed by atoms with van der Waals surface area (Å²) >= 11 is 0. The minimum Gasteiger partial charge on any atom is -0.448 e. The van der Waals surface area contributed by atoms with Gasteiger partial charge in [-0.25, -0.2) is 8.78 Å². The van der Waals surface area contributed by atoms with Crippen molar-refractivity contribution < 1.29 is 13.5 Å². The Morgan fingerprint density at radius 2 is 2.00 bits per heavy atom. The van der Waals surface area contributed by atoms with Crippen LogP contribution < -0.4 is 10.1 Å². The van der Waals surface area contributed by atoms with Gasteiger partial charge in [-0.1, -0.05) is 6.92 Å². The van der Waals surface area contributed by atoms with Crippen molar-refractivity contribution in [1.29, 1.82) is 0 Å². The summed E-state index contributed by atoms with van der Waals surface area (Å²) in [6.07, 6.45) is 3.97. The first-order valence-corrected chi connectivity index (χ1v) is 6.47. The zero-order chi connectivity index (χ0) is 14.5. The standard InChI is InChI=1S/C14H17F2N3O/c1-3-4-19-9-11(8-18-19)20-14-12(15)5-10(7-17-2)6-13(14)16/h5-6,8-9,17H,3-4,7H2,1-2H3. The van der Waals surface area contributed by atoms with E-state index in [4.69, 9.17) is 4.74 Å². The second-order valence-corrected chi connectivity index (χ2v) is 4.46. The molecule has 0 aliphatic carbocycles. The van der Waals surface area contributed by atoms with E-state index < -0.39 is 17.4 Å². The molecule has 0 saturated heterocycles. The first-order valence-electron chi connectivity index (χ1n) is 6.47. The van der Waals surface area contributed by atoms with Crippen LogP contribution in [0, 0.1) is 11.6 Å². The number of hydrogen-bond donors (Lipinski definition) is 1. The van der Waals surface area contributed by atoms with Gasteiger partial charge in [0.2, 0.25) is 0 Å². The van der Waals surface area contributed by atoms with Crippen LogP contribution in [0.25, 0.3) is 0 Å². The molecule has 1 aromatic carbocycles. The topological polar surface area (TPSA) is 39.1 Å². The molecule has 0 bridgehead atoms. The van der Waals surface area contributed by atoms with Crippen molar-refractivity contribution in [3.63, 3.8) is 0 Å². The Hall–Kier alpha value is -1.95. The van der Waals surface area contributed by atoms with Crippen molar-refractivity contribution in [1.82, 2.24) is 15.1 Å². The molecule has 0 radical (unpaired) electrons. The lowest BCUT2D eigenvalue weighted by Gasteiger charge is -2.08. The van der Waals surface area contributed by atoms with Crippen LogP contribution in [0.3, 0.4) is 0 Å². The largest absolute Gasteiger partial charge is 0.448 e. The minimum absolute atomic E-state index is 0.317. The van der Waals surface area contributed by atoms with E-state index in [0.717, 1.165) is 13.0 Å². The predicted molar refractivity (Wildman–Crippen MR) is 71.7 cm³/mol. The molecule has 20 heavy (non-hydrogen) atoms. The van der Waals surface area contributed by atoms with Crippen LogP contribution >= 0.6 is 0 Å². The average Bonchev–Trinajstić information content (AvgIpc) is 2.82. The van der Waals surface area contributed by atoms with Crippen molar-refractivity contribution in [2.75, 3.05) is 7.05 Å². The second-order valence-electron chi connectivity index (χ2n) is 4.46. The molecule has 1 heterocycles. The molecular formula is C14H17F2N3O. The highest BCUT2D eigenvalue weighted by Gasteiger charge is 2.14. The number of nitrogens with one attached hydrogen (secondary N) is 1. The minimum atomic E-state index is -0.724. The molecule has 0 amide bonds. The number of aromatic nitrogens is 2. The van der Waals surface area contributed by atoms with Gasteiger partial charge in [-0.3, -0.25) is 4.68 Å². The summed E-state index contributed by atoms with van der Waals surface area (Å²) in [5.74, 6) is -1.53. The third-order valence-electron chi connectivity index (χ3n) is 2.72. The molecule has 0 atom stereocenters. The molecule has 2 aromatic rings. The fourth-order valence-electron chi connectivity index (χ4n) is 1.88. The number of ether oxygens (including phenoxy) is 1. The van der Waals surface area contributed by atoms with Crippen molar-refractivity contribution in [3.8, 4) is 11.5 Å². The Bertz CT molecular complexity index is 561. The molecule has 0 unspecified atom stereocenters. The van der Waals surface area contributed by atoms with Crippen LogP contribution in [0.4, 0.5) is 8.78 Å². The maximum absolute atomic E-state index is 13.9. The highest BCUT2D eigenvalue weighted by Crippen LogP contribution is 2.28. The van der Waals surface area contributed by atoms with Gasteiger partial charge in [-0.2, -0.15) is 5.10 Å². The van der Waals surface area contributed by atoms with E-state index in [1.54, 1.807) is 17.9 Å². The lowest BCUT2D eigenvalue weighted by Crippen LogP contribution is -2.06. The van der Waals surface area contributed by atoms with Crippen LogP contribution in [0.2, 0.25) is 0 Å². The van der Waals surface area contributed by atoms with Gasteiger partial charge in [-0.15, -0.1) is 0 Å². The Balaban J connectivity index is 2.19. The van der Waals surface area contributed by atoms with Crippen molar-refractivity contribution >= 4 is 0 Å². The Morgan fingerprint density at radius 1 is 1.30 bits per heavy atom. The molecule has 1 N–H and O–H groups in total. The third kappa shape index (κ3) is 3.33. The lowest BCUT2D eigenvalue weighted by atomic mass is 10.2. The lowest BCUT2D eigenvalue weighted by molar-refractivity contribution is 0.405. The highest BCUT2D eigenvalue weighted by atomic mass is 19.1. The van der Waals surface area contributed by atoms with Gasteiger partial charge in [0.15, 0.2) is 23.1 Å². The summed E-state index contributed by atoms with van der Waals surface area (Å²) in [6.45, 7) is 3.14. The SMILES string of the molecule is CCCn1cc(Oc2c(F)cc(CNC)cc2F)cn1. The summed E-state index contributed by atoms with van der Waals surface area (Å²) in [6, 6.07) is 2.51. The van der Waals surface area contributed by atoms with Gasteiger partial charge in [0.05, 0.1) is 12.4 Å². The van der Waals surface area contributed by atoms with E-state index in [1.807, 2.05) is 6.92 Å². The van der Waals surface area contributed by atoms with E-state index in [0.29, 0.717) is 17.9 Å². The second kappa shape index (κ2) is 6.47. The van der Waals surface area contributed by atoms with Crippen LogP contribution in [-0.4, -0.2) is 16.8 Å². The number of halogens is 2. The number of benzene rings is 1. The fraction of sp³-hybridized carbons (Fsp3) is 0.357. The maximum atomic E-state index is 13.9. The fourth-order valence-corrected chi connectivity index (χ4v) is 1.88. The first kappa shape index (κ1) is 14.5. The smallest absolute Gasteiger partial charge is 0.198 e. The molecule has 0 aliphatic rings. The summed E-state index contributed by atoms with van der Waals surface area (Å²) in [5.41, 5.74) is 0.525. The van der Waals surface area contributed by atoms with E-state index in [-0.39, 0.29) is 0 Å². The number of nitrogens with zero attached hydrogens (tertiary/aromatic N) is 2. The number of hydrogen-bond acceptors (Lipinski definition) is 3. The normalized spacial score (nSPS) is 10.8. The van der Waals surface area contributed by atoms with E-state index >= 15 is 0 Å². The van der Waals surface area contributed by atoms with Crippen molar-refractivity contribution in [2.45, 2.75) is 26.4 Å². The molecule has 0 fully saturated rings. The van der Waals surface area contributed by atoms with Gasteiger partial charge in [0.25, 0.3) is 0 Å². The highest BCUT2D eigenvalue weighted by molar-refractivity contribution is 5.34. The van der Waals surface area contributed by atoms with Crippen LogP contribution in [-0.2, 0) is 13.1 Å². The molecule has 0 saturated carbocycles. The maximum Gasteiger partial charge on any atom is 0.198 e. The first-order chi connectivity index (χ1) is 9.63. The van der Waals surface area contributed by atoms with E-state index in [2.05, 4.69) is 10.4 Å². The van der Waals surface area contributed by atoms with Gasteiger partial charge in [-0.05, 0) is 31.2 Å². The number of aryl methyl sites for hydroxylation is 1. The van der Waals surface area contributed by atoms with Crippen LogP contribution in [0.15, 0.2) is 24.5 Å². The van der Waals surface area contributed by atoms with E-state index in [9.17, 15) is 8.78 Å². The average molecular weight is 281 g/mol. The molecular weight excluding hydrogens is 264 g/mol. The van der Waals surface area contributed by atoms with Gasteiger partial charge in [0.1, 0.15) is 0 Å². The zero-order valence-electron chi connectivity index (χ0n) is 11.5. The Kier molecular flexibility index (Phi) is 4.68. The van der Waals surface area contributed by atoms with Gasteiger partial charge >= 0.3 is 0 Å². The van der Waals surface area contributed by atoms with Gasteiger partial charge in [0, 0.05) is 13.1 Å². The molecule has 2 rings (SSSR count). The monoisotopic (exact) mass is 281 g/mol.